The summed E-state index contributed by atoms with van der Waals surface area (Å²) in [4.78, 5) is 2.84. The molecular weight excluding hydrogens is 374 g/mol. The molecule has 31 heavy (non-hydrogen) atoms. The van der Waals surface area contributed by atoms with Crippen LogP contribution < -0.4 is 0 Å². The number of nitrogens with zero attached hydrogens (tertiary/aromatic N) is 1. The van der Waals surface area contributed by atoms with Gasteiger partial charge in [-0.1, -0.05) is 66.9 Å². The van der Waals surface area contributed by atoms with Gasteiger partial charge in [-0.25, -0.2) is 0 Å². The molecule has 1 nitrogen and oxygen atoms in total. The molecule has 0 aromatic carbocycles. The van der Waals surface area contributed by atoms with E-state index < -0.39 is 0 Å². The van der Waals surface area contributed by atoms with Gasteiger partial charge in [-0.05, 0) is 105 Å². The van der Waals surface area contributed by atoms with Crippen molar-refractivity contribution in [3.8, 4) is 0 Å². The van der Waals surface area contributed by atoms with Gasteiger partial charge in [0, 0.05) is 17.8 Å². The van der Waals surface area contributed by atoms with Crippen molar-refractivity contribution in [1.29, 1.82) is 0 Å². The molecule has 0 N–H and O–H groups in total. The van der Waals surface area contributed by atoms with Gasteiger partial charge >= 0.3 is 0 Å². The van der Waals surface area contributed by atoms with Crippen molar-refractivity contribution in [2.45, 2.75) is 130 Å². The maximum atomic E-state index is 4.62. The molecule has 0 aromatic heterocycles. The van der Waals surface area contributed by atoms with Crippen molar-refractivity contribution in [3.63, 3.8) is 0 Å². The van der Waals surface area contributed by atoms with Gasteiger partial charge in [0.15, 0.2) is 0 Å². The third-order valence-electron chi connectivity index (χ3n) is 10.9. The smallest absolute Gasteiger partial charge is 0.0290 e. The summed E-state index contributed by atoms with van der Waals surface area (Å²) in [6.45, 7) is 16.9. The second kappa shape index (κ2) is 10.2. The third-order valence-corrected chi connectivity index (χ3v) is 10.9. The molecule has 4 saturated carbocycles. The molecule has 178 valence electrons. The molecule has 0 radical (unpaired) electrons. The molecule has 0 aliphatic heterocycles. The number of rotatable bonds is 13. The molecule has 0 aromatic rings. The van der Waals surface area contributed by atoms with Crippen molar-refractivity contribution in [2.75, 3.05) is 0 Å². The van der Waals surface area contributed by atoms with E-state index in [0.29, 0.717) is 5.92 Å². The van der Waals surface area contributed by atoms with Crippen LogP contribution in [0.3, 0.4) is 0 Å². The molecule has 4 rings (SSSR count). The summed E-state index contributed by atoms with van der Waals surface area (Å²) in [5.74, 6) is 7.90. The fourth-order valence-corrected chi connectivity index (χ4v) is 7.74. The van der Waals surface area contributed by atoms with E-state index in [9.17, 15) is 0 Å². The predicted octanol–water partition coefficient (Wildman–Crippen LogP) is 8.69. The molecule has 4 fully saturated rings. The predicted molar refractivity (Wildman–Crippen MR) is 135 cm³/mol. The molecule has 0 amide bonds. The summed E-state index contributed by atoms with van der Waals surface area (Å²) in [5.41, 5.74) is 1.45. The molecule has 0 bridgehead atoms. The molecule has 6 atom stereocenters. The van der Waals surface area contributed by atoms with Crippen LogP contribution in [-0.2, 0) is 0 Å². The van der Waals surface area contributed by atoms with Crippen molar-refractivity contribution in [3.05, 3.63) is 12.3 Å². The molecular formula is C30H53N. The Bertz CT molecular complexity index is 581. The second-order valence-corrected chi connectivity index (χ2v) is 12.4. The molecule has 6 unspecified atom stereocenters. The van der Waals surface area contributed by atoms with Crippen molar-refractivity contribution in [2.24, 2.45) is 47.3 Å². The molecule has 4 aliphatic carbocycles. The Morgan fingerprint density at radius 1 is 0.871 bits per heavy atom. The van der Waals surface area contributed by atoms with Crippen LogP contribution in [0.15, 0.2) is 12.3 Å². The summed E-state index contributed by atoms with van der Waals surface area (Å²) < 4.78 is 0. The van der Waals surface area contributed by atoms with Crippen LogP contribution in [0.25, 0.3) is 0 Å². The second-order valence-electron chi connectivity index (χ2n) is 12.4. The van der Waals surface area contributed by atoms with Gasteiger partial charge in [0.25, 0.3) is 0 Å². The Morgan fingerprint density at radius 3 is 2.03 bits per heavy atom. The normalized spacial score (nSPS) is 34.6. The standard InChI is InChI=1S/C30H53N/c1-7-20(4)22(6)31(28-14-11-15-28)27(8-2)18-26-19-30(26)21(5)29(9-3)25-16-24(17-25)23-12-10-13-23/h20-21,23-30H,6-19H2,1-5H3. The van der Waals surface area contributed by atoms with Gasteiger partial charge in [0.1, 0.15) is 0 Å². The Labute approximate surface area is 194 Å². The number of hydrogen-bond donors (Lipinski definition) is 0. The van der Waals surface area contributed by atoms with Crippen LogP contribution in [0.4, 0.5) is 0 Å². The lowest BCUT2D eigenvalue weighted by Crippen LogP contribution is -2.47. The topological polar surface area (TPSA) is 3.24 Å². The minimum Gasteiger partial charge on any atom is -0.369 e. The zero-order valence-electron chi connectivity index (χ0n) is 21.6. The minimum absolute atomic E-state index is 0.635. The highest BCUT2D eigenvalue weighted by Gasteiger charge is 2.49. The van der Waals surface area contributed by atoms with E-state index in [1.165, 1.54) is 63.5 Å². The van der Waals surface area contributed by atoms with E-state index in [1.54, 1.807) is 25.7 Å². The SMILES string of the molecule is C=C(C(C)CC)N(C1CCC1)C(CC)CC1CC1C(C)C(CC)C1CC(C2CCC2)C1. The van der Waals surface area contributed by atoms with Gasteiger partial charge in [-0.3, -0.25) is 0 Å². The van der Waals surface area contributed by atoms with E-state index in [4.69, 9.17) is 0 Å². The summed E-state index contributed by atoms with van der Waals surface area (Å²) in [5, 5.41) is 0. The van der Waals surface area contributed by atoms with E-state index in [-0.39, 0.29) is 0 Å². The largest absolute Gasteiger partial charge is 0.369 e. The minimum atomic E-state index is 0.635. The first kappa shape index (κ1) is 23.7. The molecule has 0 heterocycles. The van der Waals surface area contributed by atoms with Crippen LogP contribution in [0.2, 0.25) is 0 Å². The average Bonchev–Trinajstić information content (AvgIpc) is 3.43. The van der Waals surface area contributed by atoms with Gasteiger partial charge in [-0.15, -0.1) is 0 Å². The zero-order valence-corrected chi connectivity index (χ0v) is 21.6. The quantitative estimate of drug-likeness (QED) is 0.284. The van der Waals surface area contributed by atoms with Crippen LogP contribution in [0.1, 0.15) is 118 Å². The lowest BCUT2D eigenvalue weighted by atomic mass is 9.57. The first-order valence-corrected chi connectivity index (χ1v) is 14.4. The van der Waals surface area contributed by atoms with Crippen LogP contribution >= 0.6 is 0 Å². The van der Waals surface area contributed by atoms with Crippen molar-refractivity contribution >= 4 is 0 Å². The van der Waals surface area contributed by atoms with Crippen molar-refractivity contribution in [1.82, 2.24) is 4.90 Å². The van der Waals surface area contributed by atoms with Crippen molar-refractivity contribution < 1.29 is 0 Å². The molecule has 0 saturated heterocycles. The molecule has 4 aliphatic rings. The highest BCUT2D eigenvalue weighted by molar-refractivity contribution is 5.07. The zero-order chi connectivity index (χ0) is 22.1. The van der Waals surface area contributed by atoms with E-state index in [1.807, 2.05) is 0 Å². The highest BCUT2D eigenvalue weighted by Crippen LogP contribution is 2.57. The van der Waals surface area contributed by atoms with Gasteiger partial charge in [0.2, 0.25) is 0 Å². The lowest BCUT2D eigenvalue weighted by molar-refractivity contribution is 0.0174. The number of hydrogen-bond acceptors (Lipinski definition) is 1. The van der Waals surface area contributed by atoms with Crippen LogP contribution in [0, 0.1) is 47.3 Å². The summed E-state index contributed by atoms with van der Waals surface area (Å²) >= 11 is 0. The first-order valence-electron chi connectivity index (χ1n) is 14.4. The van der Waals surface area contributed by atoms with E-state index in [0.717, 1.165) is 53.5 Å². The molecule has 1 heteroatoms. The van der Waals surface area contributed by atoms with Gasteiger partial charge in [0.05, 0.1) is 0 Å². The number of allylic oxidation sites excluding steroid dienone is 1. The fraction of sp³-hybridized carbons (Fsp3) is 0.933. The van der Waals surface area contributed by atoms with E-state index in [2.05, 4.69) is 46.1 Å². The van der Waals surface area contributed by atoms with E-state index >= 15 is 0 Å². The van der Waals surface area contributed by atoms with Crippen LogP contribution in [-0.4, -0.2) is 17.0 Å². The monoisotopic (exact) mass is 427 g/mol. The highest BCUT2D eigenvalue weighted by atomic mass is 15.2. The maximum absolute atomic E-state index is 4.62. The first-order chi connectivity index (χ1) is 15.0. The fourth-order valence-electron chi connectivity index (χ4n) is 7.74. The molecule has 0 spiro atoms. The summed E-state index contributed by atoms with van der Waals surface area (Å²) in [6.07, 6.45) is 18.9. The van der Waals surface area contributed by atoms with Crippen LogP contribution in [0.5, 0.6) is 0 Å². The third kappa shape index (κ3) is 4.91. The Balaban J connectivity index is 1.31. The maximum Gasteiger partial charge on any atom is 0.0290 e. The summed E-state index contributed by atoms with van der Waals surface area (Å²) in [7, 11) is 0. The van der Waals surface area contributed by atoms with Gasteiger partial charge < -0.3 is 4.90 Å². The Kier molecular flexibility index (Phi) is 7.80. The van der Waals surface area contributed by atoms with Gasteiger partial charge in [-0.2, -0.15) is 0 Å². The summed E-state index contributed by atoms with van der Waals surface area (Å²) in [6, 6.07) is 1.53. The lowest BCUT2D eigenvalue weighted by Gasteiger charge is -2.49. The Morgan fingerprint density at radius 2 is 1.55 bits per heavy atom. The average molecular weight is 428 g/mol. The Hall–Kier alpha value is -0.460.